The van der Waals surface area contributed by atoms with E-state index >= 15 is 0 Å². The number of hydrogen-bond donors (Lipinski definition) is 1. The molecule has 6 nitrogen and oxygen atoms in total. The summed E-state index contributed by atoms with van der Waals surface area (Å²) in [7, 11) is -0.371. The first-order valence-corrected chi connectivity index (χ1v) is 9.06. The lowest BCUT2D eigenvalue weighted by Gasteiger charge is -2.40. The molecule has 0 spiro atoms. The summed E-state index contributed by atoms with van der Waals surface area (Å²) in [5.41, 5.74) is -0.670. The van der Waals surface area contributed by atoms with Gasteiger partial charge in [0.05, 0.1) is 13.2 Å². The first-order chi connectivity index (χ1) is 8.52. The molecule has 0 aromatic rings. The molecule has 1 N–H and O–H groups in total. The van der Waals surface area contributed by atoms with Gasteiger partial charge in [-0.05, 0) is 40.8 Å². The molecule has 0 saturated heterocycles. The third-order valence-corrected chi connectivity index (χ3v) is 3.11. The van der Waals surface area contributed by atoms with Crippen molar-refractivity contribution in [1.82, 2.24) is 4.90 Å². The van der Waals surface area contributed by atoms with E-state index in [4.69, 9.17) is 4.43 Å². The number of nitrogens with zero attached hydrogens (tertiary/aromatic N) is 1. The summed E-state index contributed by atoms with van der Waals surface area (Å²) < 4.78 is 9.94. The number of carbonyl (C=O) groups is 2. The molecular formula is C12H25NO5Si. The van der Waals surface area contributed by atoms with Crippen LogP contribution in [0.5, 0.6) is 0 Å². The highest BCUT2D eigenvalue weighted by Gasteiger charge is 2.41. The van der Waals surface area contributed by atoms with Crippen molar-refractivity contribution in [1.29, 1.82) is 0 Å². The van der Waals surface area contributed by atoms with Crippen LogP contribution in [-0.2, 0) is 14.0 Å². The SMILES string of the molecule is COC(=O)[C@H]([C@@H](C)O)N(C(=O)O[SiH](C)C)C(C)(C)C. The number of aliphatic hydroxyl groups excluding tert-OH is 1. The Morgan fingerprint density at radius 2 is 1.74 bits per heavy atom. The van der Waals surface area contributed by atoms with Crippen LogP contribution < -0.4 is 0 Å². The van der Waals surface area contributed by atoms with Crippen LogP contribution in [-0.4, -0.2) is 55.9 Å². The molecule has 0 unspecified atom stereocenters. The summed E-state index contributed by atoms with van der Waals surface area (Å²) in [6.07, 6.45) is -1.64. The van der Waals surface area contributed by atoms with Crippen molar-refractivity contribution < 1.29 is 23.9 Å². The fourth-order valence-corrected chi connectivity index (χ4v) is 2.22. The van der Waals surface area contributed by atoms with Gasteiger partial charge in [0.2, 0.25) is 9.04 Å². The van der Waals surface area contributed by atoms with Crippen molar-refractivity contribution in [2.45, 2.75) is 58.5 Å². The lowest BCUT2D eigenvalue weighted by Crippen LogP contribution is -2.59. The third-order valence-electron chi connectivity index (χ3n) is 2.43. The zero-order valence-corrected chi connectivity index (χ0v) is 13.9. The van der Waals surface area contributed by atoms with Crippen LogP contribution in [0.15, 0.2) is 0 Å². The summed E-state index contributed by atoms with van der Waals surface area (Å²) in [4.78, 5) is 25.2. The van der Waals surface area contributed by atoms with Crippen LogP contribution in [0.1, 0.15) is 27.7 Å². The van der Waals surface area contributed by atoms with E-state index in [9.17, 15) is 14.7 Å². The molecule has 19 heavy (non-hydrogen) atoms. The van der Waals surface area contributed by atoms with E-state index < -0.39 is 38.8 Å². The van der Waals surface area contributed by atoms with E-state index in [0.717, 1.165) is 0 Å². The van der Waals surface area contributed by atoms with Gasteiger partial charge in [0.15, 0.2) is 6.04 Å². The predicted octanol–water partition coefficient (Wildman–Crippen LogP) is 1.13. The molecule has 0 heterocycles. The van der Waals surface area contributed by atoms with Crippen molar-refractivity contribution in [3.63, 3.8) is 0 Å². The second-order valence-electron chi connectivity index (χ2n) is 5.68. The molecule has 0 fully saturated rings. The lowest BCUT2D eigenvalue weighted by atomic mass is 10.0. The second kappa shape index (κ2) is 6.90. The first kappa shape index (κ1) is 17.9. The molecule has 1 amide bonds. The normalized spacial score (nSPS) is 14.8. The van der Waals surface area contributed by atoms with Crippen molar-refractivity contribution >= 4 is 21.1 Å². The third kappa shape index (κ3) is 5.20. The van der Waals surface area contributed by atoms with E-state index in [1.54, 1.807) is 20.8 Å². The van der Waals surface area contributed by atoms with Gasteiger partial charge >= 0.3 is 12.1 Å². The Hall–Kier alpha value is -1.08. The Balaban J connectivity index is 5.44. The summed E-state index contributed by atoms with van der Waals surface area (Å²) >= 11 is 0. The van der Waals surface area contributed by atoms with E-state index in [0.29, 0.717) is 0 Å². The van der Waals surface area contributed by atoms with Gasteiger partial charge in [0.1, 0.15) is 0 Å². The lowest BCUT2D eigenvalue weighted by molar-refractivity contribution is -0.152. The number of aliphatic hydroxyl groups is 1. The molecule has 7 heteroatoms. The molecule has 0 saturated carbocycles. The zero-order chi connectivity index (χ0) is 15.4. The predicted molar refractivity (Wildman–Crippen MR) is 74.4 cm³/mol. The summed E-state index contributed by atoms with van der Waals surface area (Å²) in [5, 5.41) is 9.79. The van der Waals surface area contributed by atoms with Crippen LogP contribution >= 0.6 is 0 Å². The fourth-order valence-electron chi connectivity index (χ4n) is 1.70. The maximum atomic E-state index is 12.2. The van der Waals surface area contributed by atoms with Crippen molar-refractivity contribution in [3.05, 3.63) is 0 Å². The van der Waals surface area contributed by atoms with Gasteiger partial charge in [-0.25, -0.2) is 9.59 Å². The Morgan fingerprint density at radius 1 is 1.26 bits per heavy atom. The van der Waals surface area contributed by atoms with Gasteiger partial charge in [0.25, 0.3) is 0 Å². The van der Waals surface area contributed by atoms with Gasteiger partial charge in [0, 0.05) is 5.54 Å². The van der Waals surface area contributed by atoms with Crippen molar-refractivity contribution in [2.75, 3.05) is 7.11 Å². The quantitative estimate of drug-likeness (QED) is 0.620. The number of carbonyl (C=O) groups excluding carboxylic acids is 2. The molecule has 0 aliphatic heterocycles. The number of rotatable bonds is 4. The molecule has 0 radical (unpaired) electrons. The van der Waals surface area contributed by atoms with Crippen LogP contribution in [0.2, 0.25) is 13.1 Å². The van der Waals surface area contributed by atoms with Gasteiger partial charge in [-0.1, -0.05) is 0 Å². The van der Waals surface area contributed by atoms with Crippen molar-refractivity contribution in [3.8, 4) is 0 Å². The highest BCUT2D eigenvalue weighted by atomic mass is 28.3. The first-order valence-electron chi connectivity index (χ1n) is 6.28. The fraction of sp³-hybridized carbons (Fsp3) is 0.833. The van der Waals surface area contributed by atoms with Gasteiger partial charge in [-0.2, -0.15) is 0 Å². The molecular weight excluding hydrogens is 266 g/mol. The summed E-state index contributed by atoms with van der Waals surface area (Å²) in [5.74, 6) is -0.660. The Kier molecular flexibility index (Phi) is 6.51. The molecule has 0 rings (SSSR count). The maximum Gasteiger partial charge on any atom is 0.397 e. The average molecular weight is 291 g/mol. The standard InChI is InChI=1S/C12H25NO5Si/c1-8(14)9(10(15)17-5)13(12(2,3)4)11(16)18-19(6)7/h8-9,14,19H,1-7H3/t8-,9+/m1/s1. The molecule has 0 aliphatic carbocycles. The van der Waals surface area contributed by atoms with E-state index in [-0.39, 0.29) is 0 Å². The molecule has 0 aliphatic rings. The number of methoxy groups -OCH3 is 1. The summed E-state index contributed by atoms with van der Waals surface area (Å²) in [6.45, 7) is 10.5. The zero-order valence-electron chi connectivity index (χ0n) is 12.8. The monoisotopic (exact) mass is 291 g/mol. The van der Waals surface area contributed by atoms with E-state index in [1.807, 2.05) is 13.1 Å². The number of esters is 1. The smallest absolute Gasteiger partial charge is 0.397 e. The molecule has 0 aromatic heterocycles. The van der Waals surface area contributed by atoms with Gasteiger partial charge in [-0.3, -0.25) is 4.90 Å². The molecule has 0 bridgehead atoms. The minimum atomic E-state index is -1.59. The topological polar surface area (TPSA) is 76.1 Å². The Morgan fingerprint density at radius 3 is 2.00 bits per heavy atom. The van der Waals surface area contributed by atoms with Crippen LogP contribution in [0.25, 0.3) is 0 Å². The van der Waals surface area contributed by atoms with Crippen LogP contribution in [0, 0.1) is 0 Å². The molecule has 112 valence electrons. The van der Waals surface area contributed by atoms with E-state index in [2.05, 4.69) is 4.74 Å². The molecule has 2 atom stereocenters. The average Bonchev–Trinajstić information content (AvgIpc) is 2.20. The number of ether oxygens (including phenoxy) is 1. The van der Waals surface area contributed by atoms with Crippen LogP contribution in [0.3, 0.4) is 0 Å². The highest BCUT2D eigenvalue weighted by Crippen LogP contribution is 2.22. The maximum absolute atomic E-state index is 12.2. The minimum Gasteiger partial charge on any atom is -0.507 e. The second-order valence-corrected chi connectivity index (χ2v) is 8.02. The van der Waals surface area contributed by atoms with Gasteiger partial charge in [-0.15, -0.1) is 0 Å². The highest BCUT2D eigenvalue weighted by molar-refractivity contribution is 6.50. The molecule has 0 aromatic carbocycles. The Labute approximate surface area is 116 Å². The van der Waals surface area contributed by atoms with Crippen molar-refractivity contribution in [2.24, 2.45) is 0 Å². The summed E-state index contributed by atoms with van der Waals surface area (Å²) in [6, 6.07) is -1.08. The number of hydrogen-bond acceptors (Lipinski definition) is 5. The minimum absolute atomic E-state index is 0.592. The largest absolute Gasteiger partial charge is 0.507 e. The van der Waals surface area contributed by atoms with Gasteiger partial charge < -0.3 is 14.3 Å². The van der Waals surface area contributed by atoms with Crippen LogP contribution in [0.4, 0.5) is 4.79 Å². The van der Waals surface area contributed by atoms with E-state index in [1.165, 1.54) is 18.9 Å². The Bertz CT molecular complexity index is 325. The number of amides is 1.